The van der Waals surface area contributed by atoms with E-state index in [2.05, 4.69) is 67.8 Å². The van der Waals surface area contributed by atoms with Gasteiger partial charge in [0.1, 0.15) is 11.9 Å². The van der Waals surface area contributed by atoms with Crippen LogP contribution in [0.15, 0.2) is 53.3 Å². The Morgan fingerprint density at radius 1 is 1.07 bits per heavy atom. The second-order valence-electron chi connectivity index (χ2n) is 8.84. The molecule has 0 unspecified atom stereocenters. The number of aromatic nitrogens is 1. The zero-order valence-electron chi connectivity index (χ0n) is 18.0. The van der Waals surface area contributed by atoms with E-state index in [1.165, 1.54) is 5.56 Å². The Hall–Kier alpha value is -1.17. The number of rotatable bonds is 9. The first-order valence-corrected chi connectivity index (χ1v) is 13.8. The van der Waals surface area contributed by atoms with Gasteiger partial charge in [0.2, 0.25) is 0 Å². The van der Waals surface area contributed by atoms with Crippen LogP contribution in [-0.2, 0) is 10.8 Å². The molecule has 0 saturated heterocycles. The number of aryl methyl sites for hydroxylation is 1. The molecule has 28 heavy (non-hydrogen) atoms. The first kappa shape index (κ1) is 23.1. The third-order valence-corrected chi connectivity index (χ3v) is 10.6. The van der Waals surface area contributed by atoms with E-state index in [1.807, 2.05) is 42.7 Å². The van der Waals surface area contributed by atoms with E-state index in [9.17, 15) is 0 Å². The molecule has 154 valence electrons. The van der Waals surface area contributed by atoms with Crippen LogP contribution in [-0.4, -0.2) is 25.5 Å². The molecule has 1 aromatic heterocycles. The Bertz CT molecular complexity index is 714. The largest absolute Gasteiger partial charge is 0.488 e. The lowest BCUT2D eigenvalue weighted by Gasteiger charge is -2.41. The molecule has 2 rings (SSSR count). The number of halogens is 1. The smallest absolute Gasteiger partial charge is 0.192 e. The predicted octanol–water partition coefficient (Wildman–Crippen LogP) is 7.02. The molecule has 0 fully saturated rings. The molecule has 0 N–H and O–H groups in total. The summed E-state index contributed by atoms with van der Waals surface area (Å²) in [6.45, 7) is 13.7. The minimum Gasteiger partial charge on any atom is -0.488 e. The lowest BCUT2D eigenvalue weighted by atomic mass is 10.0. The minimum atomic E-state index is -1.91. The van der Waals surface area contributed by atoms with Gasteiger partial charge >= 0.3 is 0 Å². The lowest BCUT2D eigenvalue weighted by Crippen LogP contribution is -2.48. The topological polar surface area (TPSA) is 31.4 Å². The van der Waals surface area contributed by atoms with E-state index >= 15 is 0 Å². The Balaban J connectivity index is 2.19. The SMILES string of the molecule is CC[C@H](Oc1ccc(Br)cc1)[C@@H](CCc1cccnc1)O[Si](C)(C)C(C)(C)C. The molecule has 0 spiro atoms. The molecule has 2 atom stereocenters. The number of hydrogen-bond acceptors (Lipinski definition) is 3. The van der Waals surface area contributed by atoms with Gasteiger partial charge in [0.25, 0.3) is 0 Å². The van der Waals surface area contributed by atoms with Crippen molar-refractivity contribution in [1.29, 1.82) is 0 Å². The molecular formula is C23H34BrNO2Si. The van der Waals surface area contributed by atoms with Crippen molar-refractivity contribution < 1.29 is 9.16 Å². The Morgan fingerprint density at radius 3 is 2.29 bits per heavy atom. The van der Waals surface area contributed by atoms with Crippen molar-refractivity contribution in [3.05, 3.63) is 58.8 Å². The van der Waals surface area contributed by atoms with Crippen molar-refractivity contribution in [2.45, 2.75) is 77.3 Å². The van der Waals surface area contributed by atoms with E-state index in [0.29, 0.717) is 0 Å². The van der Waals surface area contributed by atoms with Crippen LogP contribution < -0.4 is 4.74 Å². The Labute approximate surface area is 180 Å². The molecule has 0 saturated carbocycles. The monoisotopic (exact) mass is 463 g/mol. The van der Waals surface area contributed by atoms with Gasteiger partial charge in [0.15, 0.2) is 8.32 Å². The van der Waals surface area contributed by atoms with Crippen LogP contribution in [0.2, 0.25) is 18.1 Å². The molecular weight excluding hydrogens is 430 g/mol. The maximum absolute atomic E-state index is 6.86. The van der Waals surface area contributed by atoms with Gasteiger partial charge in [-0.2, -0.15) is 0 Å². The van der Waals surface area contributed by atoms with E-state index in [0.717, 1.165) is 29.5 Å². The molecule has 1 aromatic carbocycles. The standard InChI is InChI=1S/C23H34BrNO2Si/c1-7-21(26-20-13-11-19(24)12-14-20)22(27-28(5,6)23(2,3)4)15-10-18-9-8-16-25-17-18/h8-9,11-14,16-17,21-22H,7,10,15H2,1-6H3/t21-,22+/m0/s1. The van der Waals surface area contributed by atoms with Crippen LogP contribution in [0, 0.1) is 0 Å². The molecule has 0 aliphatic heterocycles. The molecule has 0 bridgehead atoms. The average Bonchev–Trinajstić information content (AvgIpc) is 2.64. The molecule has 2 aromatic rings. The second-order valence-corrected chi connectivity index (χ2v) is 14.5. The maximum atomic E-state index is 6.86. The molecule has 5 heteroatoms. The fourth-order valence-electron chi connectivity index (χ4n) is 2.84. The van der Waals surface area contributed by atoms with Crippen molar-refractivity contribution in [3.63, 3.8) is 0 Å². The van der Waals surface area contributed by atoms with Crippen LogP contribution in [0.4, 0.5) is 0 Å². The highest BCUT2D eigenvalue weighted by atomic mass is 79.9. The van der Waals surface area contributed by atoms with Crippen molar-refractivity contribution in [2.75, 3.05) is 0 Å². The normalized spacial score (nSPS) is 14.5. The quantitative estimate of drug-likeness (QED) is 0.374. The Morgan fingerprint density at radius 2 is 1.75 bits per heavy atom. The second kappa shape index (κ2) is 10.0. The summed E-state index contributed by atoms with van der Waals surface area (Å²) in [6.07, 6.45) is 6.60. The van der Waals surface area contributed by atoms with Crippen LogP contribution in [0.5, 0.6) is 5.75 Å². The van der Waals surface area contributed by atoms with Crippen molar-refractivity contribution >= 4 is 24.2 Å². The number of nitrogens with zero attached hydrogens (tertiary/aromatic N) is 1. The molecule has 0 aliphatic rings. The van der Waals surface area contributed by atoms with E-state index < -0.39 is 8.32 Å². The fraction of sp³-hybridized carbons (Fsp3) is 0.522. The number of hydrogen-bond donors (Lipinski definition) is 0. The highest BCUT2D eigenvalue weighted by Gasteiger charge is 2.40. The first-order chi connectivity index (χ1) is 13.1. The highest BCUT2D eigenvalue weighted by molar-refractivity contribution is 9.10. The van der Waals surface area contributed by atoms with Crippen LogP contribution in [0.25, 0.3) is 0 Å². The van der Waals surface area contributed by atoms with Crippen molar-refractivity contribution in [2.24, 2.45) is 0 Å². The molecule has 3 nitrogen and oxygen atoms in total. The van der Waals surface area contributed by atoms with Gasteiger partial charge in [0.05, 0.1) is 6.10 Å². The summed E-state index contributed by atoms with van der Waals surface area (Å²) in [7, 11) is -1.91. The zero-order chi connectivity index (χ0) is 20.8. The summed E-state index contributed by atoms with van der Waals surface area (Å²) < 4.78 is 14.3. The lowest BCUT2D eigenvalue weighted by molar-refractivity contribution is 0.0369. The van der Waals surface area contributed by atoms with E-state index in [-0.39, 0.29) is 17.2 Å². The number of benzene rings is 1. The third kappa shape index (κ3) is 6.71. The Kier molecular flexibility index (Phi) is 8.28. The van der Waals surface area contributed by atoms with Gasteiger partial charge in [-0.25, -0.2) is 0 Å². The van der Waals surface area contributed by atoms with Gasteiger partial charge < -0.3 is 9.16 Å². The van der Waals surface area contributed by atoms with Gasteiger partial charge in [0, 0.05) is 16.9 Å². The van der Waals surface area contributed by atoms with Crippen LogP contribution in [0.3, 0.4) is 0 Å². The van der Waals surface area contributed by atoms with Crippen molar-refractivity contribution in [3.8, 4) is 5.75 Å². The first-order valence-electron chi connectivity index (χ1n) is 10.1. The average molecular weight is 465 g/mol. The maximum Gasteiger partial charge on any atom is 0.192 e. The summed E-state index contributed by atoms with van der Waals surface area (Å²) in [6, 6.07) is 12.2. The summed E-state index contributed by atoms with van der Waals surface area (Å²) in [4.78, 5) is 4.25. The minimum absolute atomic E-state index is 0.0203. The van der Waals surface area contributed by atoms with Crippen LogP contribution >= 0.6 is 15.9 Å². The molecule has 1 heterocycles. The van der Waals surface area contributed by atoms with Gasteiger partial charge in [-0.1, -0.05) is 49.7 Å². The summed E-state index contributed by atoms with van der Waals surface area (Å²) in [5.74, 6) is 0.889. The van der Waals surface area contributed by atoms with Crippen molar-refractivity contribution in [1.82, 2.24) is 4.98 Å². The zero-order valence-corrected chi connectivity index (χ0v) is 20.6. The number of ether oxygens (including phenoxy) is 1. The molecule has 0 aliphatic carbocycles. The summed E-state index contributed by atoms with van der Waals surface area (Å²) in [5, 5.41) is 0.162. The molecule has 0 radical (unpaired) electrons. The fourth-order valence-corrected chi connectivity index (χ4v) is 4.49. The van der Waals surface area contributed by atoms with E-state index in [1.54, 1.807) is 0 Å². The molecule has 0 amide bonds. The number of pyridine rings is 1. The van der Waals surface area contributed by atoms with E-state index in [4.69, 9.17) is 9.16 Å². The predicted molar refractivity (Wildman–Crippen MR) is 123 cm³/mol. The van der Waals surface area contributed by atoms with Gasteiger partial charge in [-0.15, -0.1) is 0 Å². The van der Waals surface area contributed by atoms with Crippen LogP contribution in [0.1, 0.15) is 46.1 Å². The van der Waals surface area contributed by atoms with Gasteiger partial charge in [-0.05, 0) is 73.3 Å². The van der Waals surface area contributed by atoms with Gasteiger partial charge in [-0.3, -0.25) is 4.98 Å². The summed E-state index contributed by atoms with van der Waals surface area (Å²) in [5.41, 5.74) is 1.24. The highest BCUT2D eigenvalue weighted by Crippen LogP contribution is 2.38. The summed E-state index contributed by atoms with van der Waals surface area (Å²) >= 11 is 3.49. The third-order valence-electron chi connectivity index (χ3n) is 5.61.